The van der Waals surface area contributed by atoms with Gasteiger partial charge in [-0.2, -0.15) is 0 Å². The third kappa shape index (κ3) is 2.46. The van der Waals surface area contributed by atoms with Crippen LogP contribution in [0.15, 0.2) is 22.7 Å². The fourth-order valence-corrected chi connectivity index (χ4v) is 2.30. The monoisotopic (exact) mass is 244 g/mol. The van der Waals surface area contributed by atoms with Gasteiger partial charge in [0.2, 0.25) is 0 Å². The molecule has 0 spiro atoms. The molecule has 0 bridgehead atoms. The molecule has 2 heterocycles. The Kier molecular flexibility index (Phi) is 3.53. The predicted octanol–water partition coefficient (Wildman–Crippen LogP) is 3.15. The van der Waals surface area contributed by atoms with E-state index in [1.54, 1.807) is 0 Å². The van der Waals surface area contributed by atoms with E-state index in [4.69, 9.17) is 10.2 Å². The summed E-state index contributed by atoms with van der Waals surface area (Å²) in [6, 6.07) is 4.04. The number of aromatic nitrogens is 1. The van der Waals surface area contributed by atoms with Crippen molar-refractivity contribution in [1.29, 1.82) is 0 Å². The van der Waals surface area contributed by atoms with Crippen LogP contribution in [0.2, 0.25) is 0 Å². The average Bonchev–Trinajstić information content (AvgIpc) is 2.56. The van der Waals surface area contributed by atoms with E-state index in [1.807, 2.05) is 33.0 Å². The molecule has 0 aromatic carbocycles. The molecule has 1 atom stereocenters. The smallest absolute Gasteiger partial charge is 0.106 e. The van der Waals surface area contributed by atoms with Crippen LogP contribution < -0.4 is 5.73 Å². The minimum absolute atomic E-state index is 0.0577. The molecule has 2 N–H and O–H groups in total. The van der Waals surface area contributed by atoms with Crippen LogP contribution in [0.1, 0.15) is 39.9 Å². The van der Waals surface area contributed by atoms with Gasteiger partial charge in [0.05, 0.1) is 0 Å². The predicted molar refractivity (Wildman–Crippen MR) is 72.5 cm³/mol. The molecule has 2 rings (SSSR count). The summed E-state index contributed by atoms with van der Waals surface area (Å²) in [6.07, 6.45) is 2.61. The van der Waals surface area contributed by atoms with Gasteiger partial charge in [-0.15, -0.1) is 0 Å². The zero-order chi connectivity index (χ0) is 13.3. The summed E-state index contributed by atoms with van der Waals surface area (Å²) < 4.78 is 5.62. The van der Waals surface area contributed by atoms with Crippen molar-refractivity contribution in [2.24, 2.45) is 5.73 Å². The molecule has 0 aliphatic heterocycles. The lowest BCUT2D eigenvalue weighted by Gasteiger charge is -2.12. The SMILES string of the molecule is Cc1ccc(CC(N)c2c(C)oc(C)c2C)nc1. The third-order valence-electron chi connectivity index (χ3n) is 3.39. The maximum absolute atomic E-state index is 6.28. The average molecular weight is 244 g/mol. The van der Waals surface area contributed by atoms with Gasteiger partial charge < -0.3 is 10.2 Å². The highest BCUT2D eigenvalue weighted by molar-refractivity contribution is 5.34. The van der Waals surface area contributed by atoms with Crippen molar-refractivity contribution in [2.45, 2.75) is 40.2 Å². The van der Waals surface area contributed by atoms with Gasteiger partial charge in [-0.25, -0.2) is 0 Å². The number of pyridine rings is 1. The molecular weight excluding hydrogens is 224 g/mol. The van der Waals surface area contributed by atoms with Gasteiger partial charge in [-0.3, -0.25) is 4.98 Å². The van der Waals surface area contributed by atoms with Crippen molar-refractivity contribution in [3.63, 3.8) is 0 Å². The number of aryl methyl sites for hydroxylation is 3. The van der Waals surface area contributed by atoms with Gasteiger partial charge in [0.25, 0.3) is 0 Å². The molecule has 1 unspecified atom stereocenters. The third-order valence-corrected chi connectivity index (χ3v) is 3.39. The Morgan fingerprint density at radius 3 is 2.39 bits per heavy atom. The van der Waals surface area contributed by atoms with Crippen molar-refractivity contribution < 1.29 is 4.42 Å². The Labute approximate surface area is 108 Å². The highest BCUT2D eigenvalue weighted by Gasteiger charge is 2.18. The second-order valence-corrected chi connectivity index (χ2v) is 4.89. The molecule has 0 aliphatic carbocycles. The summed E-state index contributed by atoms with van der Waals surface area (Å²) in [5.41, 5.74) is 10.7. The first-order valence-electron chi connectivity index (χ1n) is 6.22. The largest absolute Gasteiger partial charge is 0.466 e. The van der Waals surface area contributed by atoms with Crippen LogP contribution in [0.25, 0.3) is 0 Å². The second-order valence-electron chi connectivity index (χ2n) is 4.89. The van der Waals surface area contributed by atoms with Gasteiger partial charge in [0.15, 0.2) is 0 Å². The maximum atomic E-state index is 6.28. The topological polar surface area (TPSA) is 52.0 Å². The minimum Gasteiger partial charge on any atom is -0.466 e. The standard InChI is InChI=1S/C15H20N2O/c1-9-5-6-13(17-8-9)7-14(16)15-10(2)11(3)18-12(15)4/h5-6,8,14H,7,16H2,1-4H3. The molecule has 18 heavy (non-hydrogen) atoms. The molecule has 0 saturated heterocycles. The quantitative estimate of drug-likeness (QED) is 0.902. The summed E-state index contributed by atoms with van der Waals surface area (Å²) >= 11 is 0. The van der Waals surface area contributed by atoms with Gasteiger partial charge in [0, 0.05) is 29.9 Å². The van der Waals surface area contributed by atoms with E-state index in [2.05, 4.69) is 18.0 Å². The normalized spacial score (nSPS) is 12.7. The maximum Gasteiger partial charge on any atom is 0.106 e. The highest BCUT2D eigenvalue weighted by Crippen LogP contribution is 2.27. The van der Waals surface area contributed by atoms with Gasteiger partial charge >= 0.3 is 0 Å². The Morgan fingerprint density at radius 2 is 1.89 bits per heavy atom. The van der Waals surface area contributed by atoms with Crippen molar-refractivity contribution in [2.75, 3.05) is 0 Å². The fraction of sp³-hybridized carbons (Fsp3) is 0.400. The van der Waals surface area contributed by atoms with E-state index >= 15 is 0 Å². The molecule has 3 heteroatoms. The van der Waals surface area contributed by atoms with Crippen LogP contribution in [-0.2, 0) is 6.42 Å². The van der Waals surface area contributed by atoms with E-state index in [0.29, 0.717) is 0 Å². The van der Waals surface area contributed by atoms with E-state index in [9.17, 15) is 0 Å². The van der Waals surface area contributed by atoms with Crippen LogP contribution in [0.3, 0.4) is 0 Å². The van der Waals surface area contributed by atoms with Gasteiger partial charge in [-0.1, -0.05) is 6.07 Å². The molecule has 0 saturated carbocycles. The van der Waals surface area contributed by atoms with Crippen LogP contribution in [0, 0.1) is 27.7 Å². The van der Waals surface area contributed by atoms with E-state index in [-0.39, 0.29) is 6.04 Å². The highest BCUT2D eigenvalue weighted by atomic mass is 16.3. The lowest BCUT2D eigenvalue weighted by Crippen LogP contribution is -2.15. The first-order valence-corrected chi connectivity index (χ1v) is 6.22. The van der Waals surface area contributed by atoms with E-state index in [0.717, 1.165) is 34.8 Å². The number of rotatable bonds is 3. The summed E-state index contributed by atoms with van der Waals surface area (Å²) in [5, 5.41) is 0. The molecule has 0 aliphatic rings. The Bertz CT molecular complexity index is 540. The molecule has 3 nitrogen and oxygen atoms in total. The lowest BCUT2D eigenvalue weighted by molar-refractivity contribution is 0.496. The van der Waals surface area contributed by atoms with Crippen LogP contribution in [-0.4, -0.2) is 4.98 Å². The first kappa shape index (κ1) is 12.8. The van der Waals surface area contributed by atoms with Gasteiger partial charge in [-0.05, 0) is 44.9 Å². The Balaban J connectivity index is 2.21. The summed E-state index contributed by atoms with van der Waals surface area (Å²) in [4.78, 5) is 4.40. The molecule has 96 valence electrons. The molecule has 0 radical (unpaired) electrons. The Morgan fingerprint density at radius 1 is 1.17 bits per heavy atom. The molecule has 2 aromatic rings. The van der Waals surface area contributed by atoms with Gasteiger partial charge in [0.1, 0.15) is 11.5 Å². The van der Waals surface area contributed by atoms with E-state index in [1.165, 1.54) is 5.56 Å². The zero-order valence-corrected chi connectivity index (χ0v) is 11.4. The molecule has 0 fully saturated rings. The number of furan rings is 1. The molecule has 0 amide bonds. The fourth-order valence-electron chi connectivity index (χ4n) is 2.30. The van der Waals surface area contributed by atoms with Crippen LogP contribution >= 0.6 is 0 Å². The van der Waals surface area contributed by atoms with Crippen molar-refractivity contribution in [3.05, 3.63) is 52.2 Å². The number of hydrogen-bond acceptors (Lipinski definition) is 3. The van der Waals surface area contributed by atoms with Crippen LogP contribution in [0.4, 0.5) is 0 Å². The first-order chi connectivity index (χ1) is 8.49. The molecular formula is C15H20N2O. The van der Waals surface area contributed by atoms with Crippen molar-refractivity contribution >= 4 is 0 Å². The number of nitrogens with zero attached hydrogens (tertiary/aromatic N) is 1. The van der Waals surface area contributed by atoms with Crippen molar-refractivity contribution in [1.82, 2.24) is 4.98 Å². The Hall–Kier alpha value is -1.61. The minimum atomic E-state index is -0.0577. The van der Waals surface area contributed by atoms with Crippen molar-refractivity contribution in [3.8, 4) is 0 Å². The molecule has 2 aromatic heterocycles. The van der Waals surface area contributed by atoms with Crippen LogP contribution in [0.5, 0.6) is 0 Å². The summed E-state index contributed by atoms with van der Waals surface area (Å²) in [6.45, 7) is 8.04. The van der Waals surface area contributed by atoms with E-state index < -0.39 is 0 Å². The number of nitrogens with two attached hydrogens (primary N) is 1. The summed E-state index contributed by atoms with van der Waals surface area (Å²) in [5.74, 6) is 1.87. The summed E-state index contributed by atoms with van der Waals surface area (Å²) in [7, 11) is 0. The second kappa shape index (κ2) is 4.94. The number of hydrogen-bond donors (Lipinski definition) is 1. The zero-order valence-electron chi connectivity index (χ0n) is 11.4. The lowest BCUT2D eigenvalue weighted by atomic mass is 9.98.